The maximum absolute atomic E-state index is 12.9. The molecule has 4 saturated carbocycles. The van der Waals surface area contributed by atoms with Crippen LogP contribution >= 0.6 is 0 Å². The van der Waals surface area contributed by atoms with Crippen molar-refractivity contribution in [3.8, 4) is 0 Å². The first-order chi connectivity index (χ1) is 12.6. The number of rotatable bonds is 6. The highest BCUT2D eigenvalue weighted by Gasteiger charge is 2.56. The normalized spacial score (nSPS) is 32.9. The van der Waals surface area contributed by atoms with Gasteiger partial charge in [-0.25, -0.2) is 0 Å². The molecule has 0 heterocycles. The summed E-state index contributed by atoms with van der Waals surface area (Å²) < 4.78 is 0. The van der Waals surface area contributed by atoms with E-state index in [0.717, 1.165) is 19.3 Å². The first kappa shape index (κ1) is 17.5. The Balaban J connectivity index is 1.59. The molecule has 4 bridgehead atoms. The molecule has 0 aliphatic heterocycles. The van der Waals surface area contributed by atoms with Gasteiger partial charge < -0.3 is 15.7 Å². The van der Waals surface area contributed by atoms with E-state index >= 15 is 0 Å². The molecule has 5 heteroatoms. The molecular formula is C21H28N2O3. The fraction of sp³-hybridized carbons (Fsp3) is 0.619. The first-order valence-electron chi connectivity index (χ1n) is 9.84. The van der Waals surface area contributed by atoms with Crippen molar-refractivity contribution < 1.29 is 14.7 Å². The molecule has 1 atom stereocenters. The maximum Gasteiger partial charge on any atom is 0.251 e. The Hall–Kier alpha value is -1.88. The van der Waals surface area contributed by atoms with Crippen molar-refractivity contribution in [3.63, 3.8) is 0 Å². The third-order valence-electron chi connectivity index (χ3n) is 6.68. The van der Waals surface area contributed by atoms with E-state index in [1.54, 1.807) is 12.1 Å². The van der Waals surface area contributed by atoms with Crippen molar-refractivity contribution in [2.75, 3.05) is 13.2 Å². The lowest BCUT2D eigenvalue weighted by Crippen LogP contribution is -2.62. The van der Waals surface area contributed by atoms with Crippen LogP contribution in [0.4, 0.5) is 0 Å². The number of nitrogens with one attached hydrogen (secondary N) is 2. The summed E-state index contributed by atoms with van der Waals surface area (Å²) >= 11 is 0. The van der Waals surface area contributed by atoms with Crippen LogP contribution in [-0.2, 0) is 4.79 Å². The van der Waals surface area contributed by atoms with Crippen LogP contribution in [0.2, 0.25) is 0 Å². The van der Waals surface area contributed by atoms with Gasteiger partial charge in [-0.05, 0) is 68.4 Å². The highest BCUT2D eigenvalue weighted by Crippen LogP contribution is 2.61. The molecule has 4 aliphatic carbocycles. The summed E-state index contributed by atoms with van der Waals surface area (Å²) in [6.07, 6.45) is 6.96. The van der Waals surface area contributed by atoms with E-state index in [9.17, 15) is 9.59 Å². The predicted molar refractivity (Wildman–Crippen MR) is 98.4 cm³/mol. The lowest BCUT2D eigenvalue weighted by Gasteiger charge is -2.58. The molecule has 0 aromatic heterocycles. The van der Waals surface area contributed by atoms with E-state index in [1.807, 2.05) is 18.2 Å². The highest BCUT2D eigenvalue weighted by molar-refractivity contribution is 5.97. The van der Waals surface area contributed by atoms with Crippen molar-refractivity contribution in [3.05, 3.63) is 35.9 Å². The van der Waals surface area contributed by atoms with E-state index in [0.29, 0.717) is 23.3 Å². The number of aliphatic hydroxyl groups is 1. The number of aliphatic hydroxyl groups excluding tert-OH is 1. The van der Waals surface area contributed by atoms with Crippen LogP contribution in [0.1, 0.15) is 48.9 Å². The molecule has 4 aliphatic rings. The summed E-state index contributed by atoms with van der Waals surface area (Å²) in [7, 11) is 0. The maximum atomic E-state index is 12.9. The van der Waals surface area contributed by atoms with Gasteiger partial charge in [-0.2, -0.15) is 0 Å². The number of amides is 2. The molecule has 1 aromatic rings. The van der Waals surface area contributed by atoms with Crippen LogP contribution in [0.25, 0.3) is 0 Å². The fourth-order valence-electron chi connectivity index (χ4n) is 6.11. The SMILES string of the molecule is O=C(N[C@H](C(=O)NCCO)C12CC3CC(CC(C3)C1)C2)c1ccccc1. The molecule has 0 spiro atoms. The van der Waals surface area contributed by atoms with E-state index < -0.39 is 6.04 Å². The Kier molecular flexibility index (Phi) is 4.74. The number of carbonyl (C=O) groups is 2. The Bertz CT molecular complexity index is 638. The largest absolute Gasteiger partial charge is 0.395 e. The van der Waals surface area contributed by atoms with E-state index in [2.05, 4.69) is 10.6 Å². The van der Waals surface area contributed by atoms with Crippen LogP contribution in [0.15, 0.2) is 30.3 Å². The van der Waals surface area contributed by atoms with Crippen LogP contribution in [0.5, 0.6) is 0 Å². The van der Waals surface area contributed by atoms with Crippen LogP contribution in [0.3, 0.4) is 0 Å². The second-order valence-corrected chi connectivity index (χ2v) is 8.57. The highest BCUT2D eigenvalue weighted by atomic mass is 16.3. The van der Waals surface area contributed by atoms with Crippen molar-refractivity contribution in [1.29, 1.82) is 0 Å². The summed E-state index contributed by atoms with van der Waals surface area (Å²) in [5.41, 5.74) is 0.454. The topological polar surface area (TPSA) is 78.4 Å². The smallest absolute Gasteiger partial charge is 0.251 e. The molecule has 2 amide bonds. The molecular weight excluding hydrogens is 328 g/mol. The molecule has 3 N–H and O–H groups in total. The molecule has 0 saturated heterocycles. The lowest BCUT2D eigenvalue weighted by atomic mass is 9.47. The zero-order valence-corrected chi connectivity index (χ0v) is 15.1. The van der Waals surface area contributed by atoms with Crippen molar-refractivity contribution >= 4 is 11.8 Å². The fourth-order valence-corrected chi connectivity index (χ4v) is 6.11. The number of benzene rings is 1. The summed E-state index contributed by atoms with van der Waals surface area (Å²) in [5, 5.41) is 15.0. The Morgan fingerprint density at radius 1 is 1.04 bits per heavy atom. The second-order valence-electron chi connectivity index (χ2n) is 8.57. The molecule has 140 valence electrons. The third kappa shape index (κ3) is 3.25. The van der Waals surface area contributed by atoms with Gasteiger partial charge in [0.15, 0.2) is 0 Å². The average Bonchev–Trinajstić information content (AvgIpc) is 2.63. The summed E-state index contributed by atoms with van der Waals surface area (Å²) in [6, 6.07) is 8.58. The molecule has 5 rings (SSSR count). The minimum Gasteiger partial charge on any atom is -0.395 e. The van der Waals surface area contributed by atoms with Gasteiger partial charge in [-0.15, -0.1) is 0 Å². The Morgan fingerprint density at radius 2 is 1.62 bits per heavy atom. The van der Waals surface area contributed by atoms with Crippen LogP contribution in [0, 0.1) is 23.2 Å². The standard InChI is InChI=1S/C21H28N2O3/c24-7-6-22-20(26)18(23-19(25)17-4-2-1-3-5-17)21-11-14-8-15(12-21)10-16(9-14)13-21/h1-5,14-16,18,24H,6-13H2,(H,22,26)(H,23,25)/t14?,15?,16?,18-,21?/m1/s1. The summed E-state index contributed by atoms with van der Waals surface area (Å²) in [6.45, 7) is 0.134. The predicted octanol–water partition coefficient (Wildman–Crippen LogP) is 2.11. The van der Waals surface area contributed by atoms with E-state index in [1.165, 1.54) is 19.3 Å². The Labute approximate surface area is 154 Å². The average molecular weight is 356 g/mol. The van der Waals surface area contributed by atoms with Gasteiger partial charge in [0.25, 0.3) is 5.91 Å². The van der Waals surface area contributed by atoms with Gasteiger partial charge in [-0.3, -0.25) is 9.59 Å². The van der Waals surface area contributed by atoms with Crippen molar-refractivity contribution in [2.45, 2.75) is 44.6 Å². The van der Waals surface area contributed by atoms with Gasteiger partial charge in [0.1, 0.15) is 6.04 Å². The molecule has 1 aromatic carbocycles. The minimum absolute atomic E-state index is 0.0913. The van der Waals surface area contributed by atoms with Crippen LogP contribution in [-0.4, -0.2) is 36.1 Å². The molecule has 4 fully saturated rings. The van der Waals surface area contributed by atoms with Gasteiger partial charge >= 0.3 is 0 Å². The summed E-state index contributed by atoms with van der Waals surface area (Å²) in [5.74, 6) is 1.75. The van der Waals surface area contributed by atoms with Gasteiger partial charge in [0, 0.05) is 17.5 Å². The Morgan fingerprint density at radius 3 is 2.15 bits per heavy atom. The zero-order valence-electron chi connectivity index (χ0n) is 15.1. The molecule has 0 unspecified atom stereocenters. The van der Waals surface area contributed by atoms with Gasteiger partial charge in [0.2, 0.25) is 5.91 Å². The molecule has 26 heavy (non-hydrogen) atoms. The zero-order chi connectivity index (χ0) is 18.1. The van der Waals surface area contributed by atoms with Gasteiger partial charge in [-0.1, -0.05) is 18.2 Å². The monoisotopic (exact) mass is 356 g/mol. The van der Waals surface area contributed by atoms with E-state index in [-0.39, 0.29) is 30.4 Å². The quantitative estimate of drug-likeness (QED) is 0.730. The molecule has 0 radical (unpaired) electrons. The van der Waals surface area contributed by atoms with Crippen molar-refractivity contribution in [1.82, 2.24) is 10.6 Å². The van der Waals surface area contributed by atoms with E-state index in [4.69, 9.17) is 5.11 Å². The lowest BCUT2D eigenvalue weighted by molar-refractivity contribution is -0.134. The molecule has 5 nitrogen and oxygen atoms in total. The first-order valence-corrected chi connectivity index (χ1v) is 9.84. The number of hydrogen-bond acceptors (Lipinski definition) is 3. The number of carbonyl (C=O) groups excluding carboxylic acids is 2. The summed E-state index contributed by atoms with van der Waals surface area (Å²) in [4.78, 5) is 25.7. The second kappa shape index (κ2) is 7.03. The van der Waals surface area contributed by atoms with Crippen LogP contribution < -0.4 is 10.6 Å². The van der Waals surface area contributed by atoms with Gasteiger partial charge in [0.05, 0.1) is 6.61 Å². The third-order valence-corrected chi connectivity index (χ3v) is 6.68. The van der Waals surface area contributed by atoms with Crippen molar-refractivity contribution in [2.24, 2.45) is 23.2 Å². The number of hydrogen-bond donors (Lipinski definition) is 3. The minimum atomic E-state index is -0.518.